The molecule has 5 nitrogen and oxygen atoms in total. The summed E-state index contributed by atoms with van der Waals surface area (Å²) in [5.74, 6) is 1.06. The van der Waals surface area contributed by atoms with E-state index in [9.17, 15) is 9.90 Å². The predicted molar refractivity (Wildman–Crippen MR) is 75.7 cm³/mol. The number of para-hydroxylation sites is 1. The van der Waals surface area contributed by atoms with Gasteiger partial charge in [-0.15, -0.1) is 0 Å². The minimum atomic E-state index is -0.593. The Hall–Kier alpha value is -2.95. The number of hydrogen-bond donors (Lipinski definition) is 1. The predicted octanol–water partition coefficient (Wildman–Crippen LogP) is 2.89. The SMILES string of the molecule is O=c1oc2ccccc2c(O)c1-c1ccc2c(c1)OCO2. The van der Waals surface area contributed by atoms with Crippen LogP contribution in [-0.2, 0) is 0 Å². The average Bonchev–Trinajstić information content (AvgIpc) is 2.95. The summed E-state index contributed by atoms with van der Waals surface area (Å²) in [5.41, 5.74) is 0.401. The summed E-state index contributed by atoms with van der Waals surface area (Å²) in [4.78, 5) is 12.2. The van der Waals surface area contributed by atoms with E-state index >= 15 is 0 Å². The van der Waals surface area contributed by atoms with Gasteiger partial charge in [-0.3, -0.25) is 0 Å². The Labute approximate surface area is 119 Å². The smallest absolute Gasteiger partial charge is 0.347 e. The molecule has 0 bridgehead atoms. The van der Waals surface area contributed by atoms with Gasteiger partial charge < -0.3 is 19.0 Å². The van der Waals surface area contributed by atoms with Gasteiger partial charge in [0.25, 0.3) is 0 Å². The number of rotatable bonds is 1. The third kappa shape index (κ3) is 1.74. The van der Waals surface area contributed by atoms with E-state index in [2.05, 4.69) is 0 Å². The fourth-order valence-corrected chi connectivity index (χ4v) is 2.44. The van der Waals surface area contributed by atoms with E-state index < -0.39 is 5.63 Å². The molecule has 104 valence electrons. The number of fused-ring (bicyclic) bond motifs is 2. The van der Waals surface area contributed by atoms with Crippen molar-refractivity contribution in [2.45, 2.75) is 0 Å². The molecule has 2 aromatic carbocycles. The molecule has 1 aromatic heterocycles. The van der Waals surface area contributed by atoms with Crippen molar-refractivity contribution >= 4 is 11.0 Å². The first-order chi connectivity index (χ1) is 10.2. The Bertz CT molecular complexity index is 910. The maximum absolute atomic E-state index is 12.2. The molecule has 21 heavy (non-hydrogen) atoms. The van der Waals surface area contributed by atoms with Crippen molar-refractivity contribution in [1.82, 2.24) is 0 Å². The highest BCUT2D eigenvalue weighted by atomic mass is 16.7. The van der Waals surface area contributed by atoms with Crippen molar-refractivity contribution < 1.29 is 19.0 Å². The quantitative estimate of drug-likeness (QED) is 0.695. The summed E-state index contributed by atoms with van der Waals surface area (Å²) in [7, 11) is 0. The van der Waals surface area contributed by atoms with Crippen molar-refractivity contribution in [2.75, 3.05) is 6.79 Å². The van der Waals surface area contributed by atoms with Crippen LogP contribution in [0.25, 0.3) is 22.1 Å². The van der Waals surface area contributed by atoms with E-state index in [0.717, 1.165) is 0 Å². The Morgan fingerprint density at radius 1 is 1.00 bits per heavy atom. The standard InChI is InChI=1S/C16H10O5/c17-15-10-3-1-2-4-11(10)21-16(18)14(15)9-5-6-12-13(7-9)20-8-19-12/h1-7,17H,8H2. The molecule has 0 unspecified atom stereocenters. The first-order valence-corrected chi connectivity index (χ1v) is 6.39. The van der Waals surface area contributed by atoms with Gasteiger partial charge >= 0.3 is 5.63 Å². The largest absolute Gasteiger partial charge is 0.506 e. The minimum absolute atomic E-state index is 0.0966. The molecule has 0 saturated carbocycles. The van der Waals surface area contributed by atoms with E-state index in [-0.39, 0.29) is 18.1 Å². The first kappa shape index (κ1) is 11.8. The molecule has 0 spiro atoms. The van der Waals surface area contributed by atoms with Crippen molar-refractivity contribution in [3.05, 3.63) is 52.9 Å². The highest BCUT2D eigenvalue weighted by molar-refractivity contribution is 5.90. The zero-order valence-electron chi connectivity index (χ0n) is 10.8. The van der Waals surface area contributed by atoms with Gasteiger partial charge in [0.2, 0.25) is 6.79 Å². The molecule has 0 atom stereocenters. The summed E-state index contributed by atoms with van der Waals surface area (Å²) in [6, 6.07) is 11.9. The lowest BCUT2D eigenvalue weighted by atomic mass is 10.0. The topological polar surface area (TPSA) is 68.9 Å². The molecule has 0 radical (unpaired) electrons. The Kier molecular flexibility index (Phi) is 2.41. The fourth-order valence-electron chi connectivity index (χ4n) is 2.44. The molecular formula is C16H10O5. The normalized spacial score (nSPS) is 12.8. The van der Waals surface area contributed by atoms with Crippen molar-refractivity contribution in [3.8, 4) is 28.4 Å². The van der Waals surface area contributed by atoms with E-state index in [1.54, 1.807) is 42.5 Å². The van der Waals surface area contributed by atoms with E-state index in [1.807, 2.05) is 0 Å². The van der Waals surface area contributed by atoms with Gasteiger partial charge in [-0.1, -0.05) is 18.2 Å². The molecule has 0 saturated heterocycles. The van der Waals surface area contributed by atoms with Crippen LogP contribution >= 0.6 is 0 Å². The maximum Gasteiger partial charge on any atom is 0.347 e. The van der Waals surface area contributed by atoms with Crippen molar-refractivity contribution in [3.63, 3.8) is 0 Å². The molecule has 0 aliphatic carbocycles. The Morgan fingerprint density at radius 3 is 2.71 bits per heavy atom. The Balaban J connectivity index is 2.00. The second-order valence-corrected chi connectivity index (χ2v) is 4.68. The molecule has 5 heteroatoms. The van der Waals surface area contributed by atoms with Gasteiger partial charge in [-0.25, -0.2) is 4.79 Å². The molecule has 0 amide bonds. The lowest BCUT2D eigenvalue weighted by Gasteiger charge is -2.07. The molecule has 4 rings (SSSR count). The third-order valence-electron chi connectivity index (χ3n) is 3.45. The first-order valence-electron chi connectivity index (χ1n) is 6.39. The fraction of sp³-hybridized carbons (Fsp3) is 0.0625. The lowest BCUT2D eigenvalue weighted by molar-refractivity contribution is 0.174. The molecule has 1 N–H and O–H groups in total. The van der Waals surface area contributed by atoms with Crippen molar-refractivity contribution in [1.29, 1.82) is 0 Å². The number of ether oxygens (including phenoxy) is 2. The molecule has 0 fully saturated rings. The van der Waals surface area contributed by atoms with Crippen LogP contribution in [0, 0.1) is 0 Å². The van der Waals surface area contributed by atoms with Crippen LogP contribution in [0.1, 0.15) is 0 Å². The number of benzene rings is 2. The average molecular weight is 282 g/mol. The second kappa shape index (κ2) is 4.28. The molecule has 1 aliphatic heterocycles. The monoisotopic (exact) mass is 282 g/mol. The second-order valence-electron chi connectivity index (χ2n) is 4.68. The summed E-state index contributed by atoms with van der Waals surface area (Å²) in [6.07, 6.45) is 0. The number of hydrogen-bond acceptors (Lipinski definition) is 5. The van der Waals surface area contributed by atoms with E-state index in [1.165, 1.54) is 0 Å². The van der Waals surface area contributed by atoms with Gasteiger partial charge in [-0.05, 0) is 29.8 Å². The van der Waals surface area contributed by atoms with Gasteiger partial charge in [0.05, 0.1) is 5.39 Å². The lowest BCUT2D eigenvalue weighted by Crippen LogP contribution is -2.03. The van der Waals surface area contributed by atoms with Gasteiger partial charge in [0, 0.05) is 0 Å². The minimum Gasteiger partial charge on any atom is -0.506 e. The van der Waals surface area contributed by atoms with Crippen LogP contribution in [0.3, 0.4) is 0 Å². The van der Waals surface area contributed by atoms with E-state index in [4.69, 9.17) is 13.9 Å². The Morgan fingerprint density at radius 2 is 1.81 bits per heavy atom. The van der Waals surface area contributed by atoms with Gasteiger partial charge in [0.15, 0.2) is 11.5 Å². The van der Waals surface area contributed by atoms with Crippen LogP contribution in [0.15, 0.2) is 51.7 Å². The molecule has 2 heterocycles. The summed E-state index contributed by atoms with van der Waals surface area (Å²) in [5, 5.41) is 10.9. The molecule has 3 aromatic rings. The molecule has 1 aliphatic rings. The van der Waals surface area contributed by atoms with Crippen LogP contribution in [0.5, 0.6) is 17.2 Å². The summed E-state index contributed by atoms with van der Waals surface area (Å²) < 4.78 is 15.8. The zero-order valence-corrected chi connectivity index (χ0v) is 10.8. The van der Waals surface area contributed by atoms with Gasteiger partial charge in [0.1, 0.15) is 16.9 Å². The zero-order chi connectivity index (χ0) is 14.4. The van der Waals surface area contributed by atoms with Crippen LogP contribution < -0.4 is 15.1 Å². The van der Waals surface area contributed by atoms with Crippen LogP contribution in [-0.4, -0.2) is 11.9 Å². The summed E-state index contributed by atoms with van der Waals surface area (Å²) in [6.45, 7) is 0.150. The third-order valence-corrected chi connectivity index (χ3v) is 3.45. The molecular weight excluding hydrogens is 272 g/mol. The van der Waals surface area contributed by atoms with Gasteiger partial charge in [-0.2, -0.15) is 0 Å². The highest BCUT2D eigenvalue weighted by Crippen LogP contribution is 2.39. The van der Waals surface area contributed by atoms with Crippen molar-refractivity contribution in [2.24, 2.45) is 0 Å². The van der Waals surface area contributed by atoms with Crippen LogP contribution in [0.4, 0.5) is 0 Å². The van der Waals surface area contributed by atoms with E-state index in [0.29, 0.717) is 28.0 Å². The number of aromatic hydroxyl groups is 1. The summed E-state index contributed by atoms with van der Waals surface area (Å²) >= 11 is 0. The van der Waals surface area contributed by atoms with Crippen LogP contribution in [0.2, 0.25) is 0 Å². The maximum atomic E-state index is 12.2. The highest BCUT2D eigenvalue weighted by Gasteiger charge is 2.19.